The Morgan fingerprint density at radius 3 is 2.46 bits per heavy atom. The van der Waals surface area contributed by atoms with E-state index in [2.05, 4.69) is 4.98 Å². The molecule has 0 N–H and O–H groups in total. The van der Waals surface area contributed by atoms with Crippen LogP contribution >= 0.6 is 23.2 Å². The molecule has 3 heterocycles. The monoisotopic (exact) mass is 705 g/mol. The molecule has 0 radical (unpaired) electrons. The number of aromatic nitrogens is 1. The number of hydrogen-bond donors (Lipinski definition) is 0. The van der Waals surface area contributed by atoms with Gasteiger partial charge in [0.15, 0.2) is 0 Å². The normalized spacial score (nSPS) is 17.0. The quantitative estimate of drug-likeness (QED) is 0.240. The van der Waals surface area contributed by atoms with Crippen molar-refractivity contribution in [3.8, 4) is 11.8 Å². The molecule has 3 aromatic carbocycles. The third-order valence-electron chi connectivity index (χ3n) is 8.85. The Kier molecular flexibility index (Phi) is 9.63. The fourth-order valence-electron chi connectivity index (χ4n) is 6.38. The van der Waals surface area contributed by atoms with E-state index in [1.54, 1.807) is 40.1 Å². The van der Waals surface area contributed by atoms with Crippen LogP contribution in [0.2, 0.25) is 10.0 Å². The van der Waals surface area contributed by atoms with Crippen LogP contribution in [0.4, 0.5) is 0 Å². The van der Waals surface area contributed by atoms with Crippen LogP contribution in [0.15, 0.2) is 65.6 Å². The fraction of sp³-hybridized carbons (Fsp3) is 0.314. The van der Waals surface area contributed by atoms with Crippen molar-refractivity contribution in [3.63, 3.8) is 0 Å². The molecule has 4 aromatic rings. The standard InChI is InChI=1S/C35H33Cl2N5O5S/c1-22-18-23(2)39-33-26(22)8-4-10-30(33)47-21-27-28(36)11-12-31(32(27)37)48(45,46)42-13-5-9-29(42)35(44)41-16-14-40(15-17-41)34(43)25-7-3-6-24(19-25)20-38/h3-4,6-8,10-12,18-19,29H,5,9,13-17,21H2,1-2H3/t29-/m0/s1. The third kappa shape index (κ3) is 6.45. The van der Waals surface area contributed by atoms with Gasteiger partial charge in [0, 0.05) is 60.0 Å². The van der Waals surface area contributed by atoms with Gasteiger partial charge in [-0.1, -0.05) is 41.4 Å². The van der Waals surface area contributed by atoms with E-state index in [1.807, 2.05) is 38.1 Å². The SMILES string of the molecule is Cc1cc(C)c2cccc(OCc3c(Cl)ccc(S(=O)(=O)N4CCC[C@H]4C(=O)N4CCN(C(=O)c5cccc(C#N)c5)CC4)c3Cl)c2n1. The summed E-state index contributed by atoms with van der Waals surface area (Å²) < 4.78 is 35.5. The summed E-state index contributed by atoms with van der Waals surface area (Å²) in [6.07, 6.45) is 0.879. The van der Waals surface area contributed by atoms with Gasteiger partial charge in [0.25, 0.3) is 5.91 Å². The zero-order valence-corrected chi connectivity index (χ0v) is 28.8. The Labute approximate surface area is 289 Å². The second-order valence-electron chi connectivity index (χ2n) is 11.9. The highest BCUT2D eigenvalue weighted by molar-refractivity contribution is 7.89. The summed E-state index contributed by atoms with van der Waals surface area (Å²) in [5.41, 5.74) is 3.69. The minimum atomic E-state index is -4.20. The molecular weight excluding hydrogens is 673 g/mol. The maximum atomic E-state index is 14.1. The van der Waals surface area contributed by atoms with E-state index in [1.165, 1.54) is 16.4 Å². The Bertz CT molecular complexity index is 2080. The number of pyridine rings is 1. The van der Waals surface area contributed by atoms with E-state index >= 15 is 0 Å². The number of rotatable bonds is 7. The number of amides is 2. The molecule has 2 fully saturated rings. The van der Waals surface area contributed by atoms with Crippen LogP contribution in [0.1, 0.15) is 45.6 Å². The second kappa shape index (κ2) is 13.7. The van der Waals surface area contributed by atoms with Gasteiger partial charge in [0.05, 0.1) is 16.7 Å². The number of carbonyl (C=O) groups excluding carboxylic acids is 2. The van der Waals surface area contributed by atoms with E-state index in [9.17, 15) is 23.3 Å². The predicted octanol–water partition coefficient (Wildman–Crippen LogP) is 5.75. The molecule has 0 aliphatic carbocycles. The van der Waals surface area contributed by atoms with Crippen molar-refractivity contribution in [3.05, 3.63) is 98.7 Å². The van der Waals surface area contributed by atoms with Crippen molar-refractivity contribution >= 4 is 55.9 Å². The topological polar surface area (TPSA) is 124 Å². The number of carbonyl (C=O) groups is 2. The first-order valence-electron chi connectivity index (χ1n) is 15.6. The van der Waals surface area contributed by atoms with Crippen LogP contribution in [0.3, 0.4) is 0 Å². The lowest BCUT2D eigenvalue weighted by molar-refractivity contribution is -0.136. The lowest BCUT2D eigenvalue weighted by Gasteiger charge is -2.37. The number of para-hydroxylation sites is 1. The molecule has 0 bridgehead atoms. The average Bonchev–Trinajstić information content (AvgIpc) is 3.59. The van der Waals surface area contributed by atoms with Crippen molar-refractivity contribution in [2.24, 2.45) is 0 Å². The lowest BCUT2D eigenvalue weighted by atomic mass is 10.1. The Balaban J connectivity index is 1.17. The van der Waals surface area contributed by atoms with Crippen LogP contribution in [-0.2, 0) is 21.4 Å². The number of piperazine rings is 1. The van der Waals surface area contributed by atoms with Crippen LogP contribution < -0.4 is 4.74 Å². The van der Waals surface area contributed by atoms with Crippen LogP contribution in [0.5, 0.6) is 5.75 Å². The molecule has 0 unspecified atom stereocenters. The number of aryl methyl sites for hydroxylation is 2. The van der Waals surface area contributed by atoms with Crippen LogP contribution in [0, 0.1) is 25.2 Å². The number of ether oxygens (including phenoxy) is 1. The third-order valence-corrected chi connectivity index (χ3v) is 11.7. The fourth-order valence-corrected chi connectivity index (χ4v) is 8.89. The van der Waals surface area contributed by atoms with Crippen LogP contribution in [-0.4, -0.2) is 78.1 Å². The van der Waals surface area contributed by atoms with Crippen molar-refractivity contribution < 1.29 is 22.7 Å². The molecule has 0 spiro atoms. The summed E-state index contributed by atoms with van der Waals surface area (Å²) >= 11 is 13.3. The second-order valence-corrected chi connectivity index (χ2v) is 14.6. The lowest BCUT2D eigenvalue weighted by Crippen LogP contribution is -2.55. The molecule has 13 heteroatoms. The Morgan fingerprint density at radius 2 is 1.71 bits per heavy atom. The molecule has 248 valence electrons. The van der Waals surface area contributed by atoms with Crippen molar-refractivity contribution in [1.29, 1.82) is 5.26 Å². The summed E-state index contributed by atoms with van der Waals surface area (Å²) in [5.74, 6) is -0.0110. The molecule has 10 nitrogen and oxygen atoms in total. The first kappa shape index (κ1) is 33.7. The predicted molar refractivity (Wildman–Crippen MR) is 183 cm³/mol. The van der Waals surface area contributed by atoms with Crippen molar-refractivity contribution in [2.75, 3.05) is 32.7 Å². The minimum Gasteiger partial charge on any atom is -0.487 e. The number of fused-ring (bicyclic) bond motifs is 1. The van der Waals surface area contributed by atoms with Gasteiger partial charge in [-0.25, -0.2) is 13.4 Å². The van der Waals surface area contributed by atoms with Crippen LogP contribution in [0.25, 0.3) is 10.9 Å². The molecule has 2 amide bonds. The van der Waals surface area contributed by atoms with Gasteiger partial charge >= 0.3 is 0 Å². The number of benzene rings is 3. The zero-order chi connectivity index (χ0) is 34.2. The van der Waals surface area contributed by atoms with E-state index in [0.29, 0.717) is 53.9 Å². The minimum absolute atomic E-state index is 0.0613. The largest absolute Gasteiger partial charge is 0.487 e. The molecule has 2 aliphatic heterocycles. The van der Waals surface area contributed by atoms with Crippen molar-refractivity contribution in [1.82, 2.24) is 19.1 Å². The summed E-state index contributed by atoms with van der Waals surface area (Å²) in [6, 6.07) is 18.1. The maximum Gasteiger partial charge on any atom is 0.254 e. The Morgan fingerprint density at radius 1 is 0.979 bits per heavy atom. The van der Waals surface area contributed by atoms with Gasteiger partial charge in [-0.05, 0) is 74.7 Å². The first-order chi connectivity index (χ1) is 23.0. The highest BCUT2D eigenvalue weighted by atomic mass is 35.5. The van der Waals surface area contributed by atoms with E-state index in [-0.39, 0.29) is 53.0 Å². The maximum absolute atomic E-state index is 14.1. The van der Waals surface area contributed by atoms with E-state index in [4.69, 9.17) is 27.9 Å². The van der Waals surface area contributed by atoms with Gasteiger partial charge < -0.3 is 14.5 Å². The summed E-state index contributed by atoms with van der Waals surface area (Å²) in [6.45, 7) is 5.08. The molecule has 0 saturated carbocycles. The van der Waals surface area contributed by atoms with E-state index < -0.39 is 16.1 Å². The molecule has 1 atom stereocenters. The molecular formula is C35H33Cl2N5O5S. The molecule has 2 saturated heterocycles. The highest BCUT2D eigenvalue weighted by Crippen LogP contribution is 2.37. The molecule has 1 aromatic heterocycles. The number of halogens is 2. The summed E-state index contributed by atoms with van der Waals surface area (Å²) in [5, 5.41) is 10.3. The summed E-state index contributed by atoms with van der Waals surface area (Å²) in [4.78, 5) is 34.5. The molecule has 6 rings (SSSR count). The number of hydrogen-bond acceptors (Lipinski definition) is 7. The molecule has 48 heavy (non-hydrogen) atoms. The molecule has 2 aliphatic rings. The van der Waals surface area contributed by atoms with Gasteiger partial charge in [-0.15, -0.1) is 0 Å². The van der Waals surface area contributed by atoms with Gasteiger partial charge in [0.1, 0.15) is 28.8 Å². The number of sulfonamides is 1. The zero-order valence-electron chi connectivity index (χ0n) is 26.4. The highest BCUT2D eigenvalue weighted by Gasteiger charge is 2.43. The Hall–Kier alpha value is -4.21. The average molecular weight is 707 g/mol. The number of nitrogens with zero attached hydrogens (tertiary/aromatic N) is 5. The number of nitriles is 1. The van der Waals surface area contributed by atoms with E-state index in [0.717, 1.165) is 16.6 Å². The van der Waals surface area contributed by atoms with Gasteiger partial charge in [-0.2, -0.15) is 9.57 Å². The van der Waals surface area contributed by atoms with Crippen molar-refractivity contribution in [2.45, 2.75) is 44.2 Å². The smallest absolute Gasteiger partial charge is 0.254 e. The first-order valence-corrected chi connectivity index (χ1v) is 17.8. The van der Waals surface area contributed by atoms with Gasteiger partial charge in [-0.3, -0.25) is 9.59 Å². The summed E-state index contributed by atoms with van der Waals surface area (Å²) in [7, 11) is -4.20. The van der Waals surface area contributed by atoms with Gasteiger partial charge in [0.2, 0.25) is 15.9 Å².